The zero-order valence-electron chi connectivity index (χ0n) is 10.5. The Hall–Kier alpha value is -1.03. The molecule has 4 heteroatoms. The van der Waals surface area contributed by atoms with Crippen LogP contribution in [0.25, 0.3) is 0 Å². The lowest BCUT2D eigenvalue weighted by Crippen LogP contribution is -2.30. The number of hydrogen-bond donors (Lipinski definition) is 1. The minimum atomic E-state index is 0.0123. The molecule has 3 nitrogen and oxygen atoms in total. The Kier molecular flexibility index (Phi) is 5.00. The highest BCUT2D eigenvalue weighted by Crippen LogP contribution is 2.18. The van der Waals surface area contributed by atoms with Crippen LogP contribution in [0.2, 0.25) is 0 Å². The Morgan fingerprint density at radius 3 is 2.65 bits per heavy atom. The lowest BCUT2D eigenvalue weighted by Gasteiger charge is -2.21. The summed E-state index contributed by atoms with van der Waals surface area (Å²) < 4.78 is 0.831. The number of carbonyl (C=O) groups excluding carboxylic acids is 1. The van der Waals surface area contributed by atoms with Crippen molar-refractivity contribution >= 4 is 27.5 Å². The van der Waals surface area contributed by atoms with E-state index < -0.39 is 0 Å². The standard InChI is InChI=1S/C13H19BrN2O/c1-4-9(2)8-16(3)13(17)10-5-11(14)7-12(15)6-10/h5-7,9H,4,8,15H2,1-3H3. The molecule has 0 bridgehead atoms. The van der Waals surface area contributed by atoms with Gasteiger partial charge in [-0.05, 0) is 24.1 Å². The van der Waals surface area contributed by atoms with Gasteiger partial charge in [-0.2, -0.15) is 0 Å². The van der Waals surface area contributed by atoms with Crippen LogP contribution in [0.5, 0.6) is 0 Å². The van der Waals surface area contributed by atoms with E-state index in [0.29, 0.717) is 17.2 Å². The van der Waals surface area contributed by atoms with E-state index in [2.05, 4.69) is 29.8 Å². The maximum atomic E-state index is 12.2. The third-order valence-electron chi connectivity index (χ3n) is 2.80. The SMILES string of the molecule is CCC(C)CN(C)C(=O)c1cc(N)cc(Br)c1. The number of carbonyl (C=O) groups is 1. The van der Waals surface area contributed by atoms with Crippen LogP contribution in [0.1, 0.15) is 30.6 Å². The first-order valence-corrected chi connectivity index (χ1v) is 6.54. The van der Waals surface area contributed by atoms with Crippen molar-refractivity contribution in [1.82, 2.24) is 4.90 Å². The highest BCUT2D eigenvalue weighted by molar-refractivity contribution is 9.10. The minimum absolute atomic E-state index is 0.0123. The third-order valence-corrected chi connectivity index (χ3v) is 3.25. The van der Waals surface area contributed by atoms with Crippen LogP contribution in [0.3, 0.4) is 0 Å². The minimum Gasteiger partial charge on any atom is -0.399 e. The van der Waals surface area contributed by atoms with Gasteiger partial charge in [0.25, 0.3) is 5.91 Å². The quantitative estimate of drug-likeness (QED) is 0.868. The predicted octanol–water partition coefficient (Wildman–Crippen LogP) is 3.15. The highest BCUT2D eigenvalue weighted by Gasteiger charge is 2.14. The molecule has 0 fully saturated rings. The van der Waals surface area contributed by atoms with Gasteiger partial charge in [0.15, 0.2) is 0 Å². The number of nitrogen functional groups attached to an aromatic ring is 1. The molecule has 1 aromatic rings. The molecule has 1 rings (SSSR count). The molecular formula is C13H19BrN2O. The monoisotopic (exact) mass is 298 g/mol. The number of amides is 1. The summed E-state index contributed by atoms with van der Waals surface area (Å²) in [6, 6.07) is 5.29. The summed E-state index contributed by atoms with van der Waals surface area (Å²) >= 11 is 3.34. The van der Waals surface area contributed by atoms with E-state index in [4.69, 9.17) is 5.73 Å². The maximum Gasteiger partial charge on any atom is 0.253 e. The van der Waals surface area contributed by atoms with Gasteiger partial charge < -0.3 is 10.6 Å². The van der Waals surface area contributed by atoms with Crippen molar-refractivity contribution in [3.8, 4) is 0 Å². The topological polar surface area (TPSA) is 46.3 Å². The van der Waals surface area contributed by atoms with Gasteiger partial charge in [0.2, 0.25) is 0 Å². The number of nitrogens with zero attached hydrogens (tertiary/aromatic N) is 1. The Balaban J connectivity index is 2.81. The summed E-state index contributed by atoms with van der Waals surface area (Å²) in [6.07, 6.45) is 1.07. The largest absolute Gasteiger partial charge is 0.399 e. The van der Waals surface area contributed by atoms with Crippen LogP contribution >= 0.6 is 15.9 Å². The third kappa shape index (κ3) is 4.04. The first-order valence-electron chi connectivity index (χ1n) is 5.75. The zero-order chi connectivity index (χ0) is 13.0. The molecule has 17 heavy (non-hydrogen) atoms. The van der Waals surface area contributed by atoms with Crippen LogP contribution in [0, 0.1) is 5.92 Å². The molecule has 1 atom stereocenters. The van der Waals surface area contributed by atoms with E-state index in [0.717, 1.165) is 17.4 Å². The van der Waals surface area contributed by atoms with Gasteiger partial charge in [-0.15, -0.1) is 0 Å². The van der Waals surface area contributed by atoms with Crippen molar-refractivity contribution < 1.29 is 4.79 Å². The smallest absolute Gasteiger partial charge is 0.253 e. The Morgan fingerprint density at radius 1 is 1.47 bits per heavy atom. The normalized spacial score (nSPS) is 12.2. The average Bonchev–Trinajstić information content (AvgIpc) is 2.26. The molecule has 0 aliphatic rings. The fraction of sp³-hybridized carbons (Fsp3) is 0.462. The summed E-state index contributed by atoms with van der Waals surface area (Å²) in [5.41, 5.74) is 6.95. The zero-order valence-corrected chi connectivity index (χ0v) is 12.1. The lowest BCUT2D eigenvalue weighted by molar-refractivity contribution is 0.0775. The van der Waals surface area contributed by atoms with Crippen molar-refractivity contribution in [2.45, 2.75) is 20.3 Å². The van der Waals surface area contributed by atoms with Crippen molar-refractivity contribution in [3.05, 3.63) is 28.2 Å². The fourth-order valence-corrected chi connectivity index (χ4v) is 2.15. The second-order valence-corrected chi connectivity index (χ2v) is 5.39. The lowest BCUT2D eigenvalue weighted by atomic mass is 10.1. The molecule has 2 N–H and O–H groups in total. The molecular weight excluding hydrogens is 280 g/mol. The van der Waals surface area contributed by atoms with E-state index in [1.54, 1.807) is 23.1 Å². The first kappa shape index (κ1) is 14.0. The van der Waals surface area contributed by atoms with Gasteiger partial charge in [0.05, 0.1) is 0 Å². The van der Waals surface area contributed by atoms with Gasteiger partial charge in [-0.1, -0.05) is 36.2 Å². The second-order valence-electron chi connectivity index (χ2n) is 4.47. The predicted molar refractivity (Wildman–Crippen MR) is 75.0 cm³/mol. The summed E-state index contributed by atoms with van der Waals surface area (Å²) in [5.74, 6) is 0.520. The van der Waals surface area contributed by atoms with Crippen LogP contribution in [0.15, 0.2) is 22.7 Å². The first-order chi connectivity index (χ1) is 7.93. The number of anilines is 1. The average molecular weight is 299 g/mol. The van der Waals surface area contributed by atoms with Crippen LogP contribution < -0.4 is 5.73 Å². The van der Waals surface area contributed by atoms with Crippen LogP contribution in [-0.4, -0.2) is 24.4 Å². The maximum absolute atomic E-state index is 12.2. The van der Waals surface area contributed by atoms with Gasteiger partial charge in [-0.3, -0.25) is 4.79 Å². The Bertz CT molecular complexity index is 386. The molecule has 0 heterocycles. The van der Waals surface area contributed by atoms with Crippen LogP contribution in [-0.2, 0) is 0 Å². The van der Waals surface area contributed by atoms with Gasteiger partial charge in [-0.25, -0.2) is 0 Å². The van der Waals surface area contributed by atoms with Gasteiger partial charge in [0, 0.05) is 29.3 Å². The van der Waals surface area contributed by atoms with Gasteiger partial charge >= 0.3 is 0 Å². The number of benzene rings is 1. The summed E-state index contributed by atoms with van der Waals surface area (Å²) in [7, 11) is 1.82. The molecule has 0 saturated carbocycles. The van der Waals surface area contributed by atoms with Gasteiger partial charge in [0.1, 0.15) is 0 Å². The summed E-state index contributed by atoms with van der Waals surface area (Å²) in [6.45, 7) is 5.03. The number of hydrogen-bond acceptors (Lipinski definition) is 2. The molecule has 94 valence electrons. The summed E-state index contributed by atoms with van der Waals surface area (Å²) in [4.78, 5) is 13.9. The molecule has 1 unspecified atom stereocenters. The van der Waals surface area contributed by atoms with E-state index in [-0.39, 0.29) is 5.91 Å². The molecule has 0 aliphatic carbocycles. The highest BCUT2D eigenvalue weighted by atomic mass is 79.9. The van der Waals surface area contributed by atoms with Crippen molar-refractivity contribution in [2.75, 3.05) is 19.3 Å². The molecule has 0 radical (unpaired) electrons. The van der Waals surface area contributed by atoms with Crippen LogP contribution in [0.4, 0.5) is 5.69 Å². The molecule has 1 aromatic carbocycles. The van der Waals surface area contributed by atoms with E-state index in [9.17, 15) is 4.79 Å². The second kappa shape index (κ2) is 6.05. The van der Waals surface area contributed by atoms with E-state index >= 15 is 0 Å². The van der Waals surface area contributed by atoms with Crippen molar-refractivity contribution in [2.24, 2.45) is 5.92 Å². The fourth-order valence-electron chi connectivity index (χ4n) is 1.64. The van der Waals surface area contributed by atoms with Crippen molar-refractivity contribution in [3.63, 3.8) is 0 Å². The Labute approximate surface area is 111 Å². The van der Waals surface area contributed by atoms with E-state index in [1.165, 1.54) is 0 Å². The Morgan fingerprint density at radius 2 is 2.12 bits per heavy atom. The number of nitrogens with two attached hydrogens (primary N) is 1. The molecule has 0 aromatic heterocycles. The number of halogens is 1. The van der Waals surface area contributed by atoms with Crippen molar-refractivity contribution in [1.29, 1.82) is 0 Å². The molecule has 1 amide bonds. The summed E-state index contributed by atoms with van der Waals surface area (Å²) in [5, 5.41) is 0. The van der Waals surface area contributed by atoms with E-state index in [1.807, 2.05) is 7.05 Å². The molecule has 0 aliphatic heterocycles. The number of rotatable bonds is 4. The molecule has 0 saturated heterocycles. The molecule has 0 spiro atoms.